The van der Waals surface area contributed by atoms with Gasteiger partial charge in [0.05, 0.1) is 18.4 Å². The van der Waals surface area contributed by atoms with E-state index in [0.29, 0.717) is 0 Å². The van der Waals surface area contributed by atoms with E-state index in [-0.39, 0.29) is 18.5 Å². The van der Waals surface area contributed by atoms with Gasteiger partial charge in [0, 0.05) is 24.0 Å². The molecule has 0 fully saturated rings. The van der Waals surface area contributed by atoms with Gasteiger partial charge >= 0.3 is 0 Å². The third-order valence-corrected chi connectivity index (χ3v) is 3.35. The van der Waals surface area contributed by atoms with Crippen molar-refractivity contribution in [2.75, 3.05) is 0 Å². The van der Waals surface area contributed by atoms with Crippen molar-refractivity contribution < 1.29 is 4.79 Å². The van der Waals surface area contributed by atoms with E-state index in [2.05, 4.69) is 15.5 Å². The van der Waals surface area contributed by atoms with Crippen molar-refractivity contribution in [3.8, 4) is 0 Å². The van der Waals surface area contributed by atoms with Crippen molar-refractivity contribution in [3.05, 3.63) is 35.4 Å². The van der Waals surface area contributed by atoms with Gasteiger partial charge in [-0.15, -0.1) is 0 Å². The molecule has 0 aliphatic heterocycles. The van der Waals surface area contributed by atoms with Crippen LogP contribution < -0.4 is 5.32 Å². The summed E-state index contributed by atoms with van der Waals surface area (Å²) in [6.07, 6.45) is 5.42. The normalized spacial score (nSPS) is 12.4. The van der Waals surface area contributed by atoms with Gasteiger partial charge < -0.3 is 5.32 Å². The molecule has 1 unspecified atom stereocenters. The molecule has 2 aromatic rings. The van der Waals surface area contributed by atoms with E-state index in [9.17, 15) is 4.79 Å². The first-order chi connectivity index (χ1) is 9.51. The summed E-state index contributed by atoms with van der Waals surface area (Å²) in [4.78, 5) is 12.0. The van der Waals surface area contributed by atoms with Gasteiger partial charge in [0.2, 0.25) is 5.91 Å². The number of rotatable bonds is 5. The summed E-state index contributed by atoms with van der Waals surface area (Å²) in [6, 6.07) is -0.0561. The molecule has 2 rings (SSSR count). The highest BCUT2D eigenvalue weighted by Gasteiger charge is 2.15. The molecule has 0 saturated carbocycles. The number of carbonyl (C=O) groups excluding carboxylic acids is 1. The lowest BCUT2D eigenvalue weighted by atomic mass is 10.1. The Balaban J connectivity index is 1.98. The number of carbonyl (C=O) groups is 1. The molecule has 2 heterocycles. The highest BCUT2D eigenvalue weighted by Crippen LogP contribution is 2.16. The van der Waals surface area contributed by atoms with Crippen LogP contribution in [0.3, 0.4) is 0 Å². The molecule has 0 aliphatic rings. The van der Waals surface area contributed by atoms with Crippen LogP contribution in [0.15, 0.2) is 18.6 Å². The van der Waals surface area contributed by atoms with Gasteiger partial charge in [0.25, 0.3) is 0 Å². The average molecular weight is 275 g/mol. The summed E-state index contributed by atoms with van der Waals surface area (Å²) in [5, 5.41) is 11.4. The van der Waals surface area contributed by atoms with Crippen LogP contribution in [0, 0.1) is 13.8 Å². The predicted molar refractivity (Wildman–Crippen MR) is 76.2 cm³/mol. The zero-order chi connectivity index (χ0) is 14.7. The number of nitrogens with one attached hydrogen (secondary N) is 1. The standard InChI is InChI=1S/C14H21N5O/c1-5-19-12(4)13(7-16-19)11(3)17-14(20)9-18-8-10(2)6-15-18/h6-8,11H,5,9H2,1-4H3,(H,17,20). The third-order valence-electron chi connectivity index (χ3n) is 3.35. The van der Waals surface area contributed by atoms with Crippen LogP contribution in [0.25, 0.3) is 0 Å². The van der Waals surface area contributed by atoms with E-state index in [4.69, 9.17) is 0 Å². The Hall–Kier alpha value is -2.11. The van der Waals surface area contributed by atoms with Gasteiger partial charge in [-0.3, -0.25) is 14.2 Å². The molecule has 0 radical (unpaired) electrons. The Morgan fingerprint density at radius 2 is 2.10 bits per heavy atom. The Morgan fingerprint density at radius 3 is 2.65 bits per heavy atom. The lowest BCUT2D eigenvalue weighted by Gasteiger charge is -2.14. The molecular weight excluding hydrogens is 254 g/mol. The van der Waals surface area contributed by atoms with Gasteiger partial charge in [-0.05, 0) is 33.3 Å². The van der Waals surface area contributed by atoms with Crippen LogP contribution in [0.1, 0.15) is 36.7 Å². The molecule has 6 heteroatoms. The molecule has 1 amide bonds. The fraction of sp³-hybridized carbons (Fsp3) is 0.500. The molecule has 20 heavy (non-hydrogen) atoms. The van der Waals surface area contributed by atoms with E-state index in [0.717, 1.165) is 23.4 Å². The quantitative estimate of drug-likeness (QED) is 0.901. The van der Waals surface area contributed by atoms with Crippen molar-refractivity contribution in [1.82, 2.24) is 24.9 Å². The fourth-order valence-corrected chi connectivity index (χ4v) is 2.27. The van der Waals surface area contributed by atoms with E-state index in [1.165, 1.54) is 0 Å². The zero-order valence-corrected chi connectivity index (χ0v) is 12.4. The molecule has 1 atom stereocenters. The molecule has 0 aliphatic carbocycles. The molecule has 0 saturated heterocycles. The molecule has 108 valence electrons. The highest BCUT2D eigenvalue weighted by atomic mass is 16.2. The third kappa shape index (κ3) is 3.07. The number of nitrogens with zero attached hydrogens (tertiary/aromatic N) is 4. The number of aryl methyl sites for hydroxylation is 2. The fourth-order valence-electron chi connectivity index (χ4n) is 2.27. The van der Waals surface area contributed by atoms with E-state index in [1.54, 1.807) is 10.9 Å². The first kappa shape index (κ1) is 14.3. The maximum absolute atomic E-state index is 12.0. The minimum absolute atomic E-state index is 0.0516. The minimum atomic E-state index is -0.0561. The van der Waals surface area contributed by atoms with E-state index < -0.39 is 0 Å². The maximum Gasteiger partial charge on any atom is 0.242 e. The second-order valence-corrected chi connectivity index (χ2v) is 5.01. The largest absolute Gasteiger partial charge is 0.348 e. The molecule has 0 aromatic carbocycles. The SMILES string of the molecule is CCn1ncc(C(C)NC(=O)Cn2cc(C)cn2)c1C. The number of hydrogen-bond donors (Lipinski definition) is 1. The monoisotopic (exact) mass is 275 g/mol. The Morgan fingerprint density at radius 1 is 1.35 bits per heavy atom. The smallest absolute Gasteiger partial charge is 0.242 e. The van der Waals surface area contributed by atoms with Crippen molar-refractivity contribution in [1.29, 1.82) is 0 Å². The Kier molecular flexibility index (Phi) is 4.22. The van der Waals surface area contributed by atoms with Crippen LogP contribution in [0.2, 0.25) is 0 Å². The lowest BCUT2D eigenvalue weighted by molar-refractivity contribution is -0.122. The highest BCUT2D eigenvalue weighted by molar-refractivity contribution is 5.76. The second-order valence-electron chi connectivity index (χ2n) is 5.01. The molecule has 1 N–H and O–H groups in total. The van der Waals surface area contributed by atoms with Crippen molar-refractivity contribution in [2.24, 2.45) is 0 Å². The predicted octanol–water partition coefficient (Wildman–Crippen LogP) is 1.59. The number of hydrogen-bond acceptors (Lipinski definition) is 3. The van der Waals surface area contributed by atoms with Gasteiger partial charge in [-0.1, -0.05) is 0 Å². The second kappa shape index (κ2) is 5.90. The summed E-state index contributed by atoms with van der Waals surface area (Å²) >= 11 is 0. The summed E-state index contributed by atoms with van der Waals surface area (Å²) in [7, 11) is 0. The van der Waals surface area contributed by atoms with Gasteiger partial charge in [-0.2, -0.15) is 10.2 Å². The Bertz CT molecular complexity index is 598. The van der Waals surface area contributed by atoms with Crippen molar-refractivity contribution in [2.45, 2.75) is 46.8 Å². The van der Waals surface area contributed by atoms with Crippen LogP contribution in [0.4, 0.5) is 0 Å². The number of aromatic nitrogens is 4. The zero-order valence-electron chi connectivity index (χ0n) is 12.4. The van der Waals surface area contributed by atoms with Crippen LogP contribution in [-0.2, 0) is 17.9 Å². The van der Waals surface area contributed by atoms with Crippen molar-refractivity contribution >= 4 is 5.91 Å². The van der Waals surface area contributed by atoms with Gasteiger partial charge in [0.15, 0.2) is 0 Å². The van der Waals surface area contributed by atoms with Gasteiger partial charge in [-0.25, -0.2) is 0 Å². The lowest BCUT2D eigenvalue weighted by Crippen LogP contribution is -2.30. The van der Waals surface area contributed by atoms with Crippen molar-refractivity contribution in [3.63, 3.8) is 0 Å². The van der Waals surface area contributed by atoms with Crippen LogP contribution >= 0.6 is 0 Å². The minimum Gasteiger partial charge on any atom is -0.348 e. The van der Waals surface area contributed by atoms with Crippen LogP contribution in [-0.4, -0.2) is 25.5 Å². The summed E-state index contributed by atoms with van der Waals surface area (Å²) in [6.45, 7) is 9.05. The topological polar surface area (TPSA) is 64.7 Å². The number of amides is 1. The molecule has 2 aromatic heterocycles. The van der Waals surface area contributed by atoms with Crippen LogP contribution in [0.5, 0.6) is 0 Å². The van der Waals surface area contributed by atoms with E-state index >= 15 is 0 Å². The first-order valence-electron chi connectivity index (χ1n) is 6.82. The maximum atomic E-state index is 12.0. The first-order valence-corrected chi connectivity index (χ1v) is 6.82. The molecule has 6 nitrogen and oxygen atoms in total. The molecular formula is C14H21N5O. The summed E-state index contributed by atoms with van der Waals surface area (Å²) < 4.78 is 3.56. The summed E-state index contributed by atoms with van der Waals surface area (Å²) in [5.74, 6) is -0.0516. The molecule has 0 bridgehead atoms. The van der Waals surface area contributed by atoms with Gasteiger partial charge in [0.1, 0.15) is 6.54 Å². The summed E-state index contributed by atoms with van der Waals surface area (Å²) in [5.41, 5.74) is 3.19. The van der Waals surface area contributed by atoms with E-state index in [1.807, 2.05) is 44.8 Å². The average Bonchev–Trinajstić information content (AvgIpc) is 2.95. The Labute approximate surface area is 118 Å². The molecule has 0 spiro atoms.